The van der Waals surface area contributed by atoms with Crippen molar-refractivity contribution in [2.45, 2.75) is 12.5 Å². The molecule has 0 bridgehead atoms. The van der Waals surface area contributed by atoms with Gasteiger partial charge in [0.25, 0.3) is 5.91 Å². The van der Waals surface area contributed by atoms with Crippen LogP contribution in [0.1, 0.15) is 21.7 Å². The first-order valence-electron chi connectivity index (χ1n) is 9.38. The van der Waals surface area contributed by atoms with Crippen LogP contribution in [-0.2, 0) is 4.84 Å². The lowest BCUT2D eigenvalue weighted by atomic mass is 10.0. The molecular formula is C21H23ClN6O2S. The maximum Gasteiger partial charge on any atom is 0.261 e. The number of hydrogen-bond acceptors (Lipinski definition) is 6. The molecule has 31 heavy (non-hydrogen) atoms. The molecule has 0 saturated carbocycles. The van der Waals surface area contributed by atoms with Crippen molar-refractivity contribution in [1.82, 2.24) is 5.32 Å². The number of likely N-dealkylation sites (N-methyl/N-ethyl adjacent to an activating group) is 1. The summed E-state index contributed by atoms with van der Waals surface area (Å²) in [6, 6.07) is 11.3. The van der Waals surface area contributed by atoms with Crippen molar-refractivity contribution >= 4 is 46.2 Å². The number of carbonyl (C=O) groups is 1. The third kappa shape index (κ3) is 6.09. The van der Waals surface area contributed by atoms with Gasteiger partial charge in [-0.15, -0.1) is 11.3 Å². The lowest BCUT2D eigenvalue weighted by Crippen LogP contribution is -2.31. The van der Waals surface area contributed by atoms with E-state index in [1.165, 1.54) is 17.5 Å². The number of hydrogen-bond donors (Lipinski definition) is 3. The van der Waals surface area contributed by atoms with Gasteiger partial charge in [0, 0.05) is 31.1 Å². The van der Waals surface area contributed by atoms with Crippen LogP contribution in [0.5, 0.6) is 0 Å². The summed E-state index contributed by atoms with van der Waals surface area (Å²) in [6.07, 6.45) is 3.61. The van der Waals surface area contributed by atoms with Crippen molar-refractivity contribution in [3.63, 3.8) is 0 Å². The van der Waals surface area contributed by atoms with Crippen molar-refractivity contribution in [1.29, 1.82) is 0 Å². The molecule has 3 rings (SSSR count). The molecule has 5 N–H and O–H groups in total. The van der Waals surface area contributed by atoms with Gasteiger partial charge in [-0.25, -0.2) is 4.99 Å². The van der Waals surface area contributed by atoms with E-state index in [4.69, 9.17) is 27.9 Å². The van der Waals surface area contributed by atoms with Crippen molar-refractivity contribution in [2.24, 2.45) is 21.6 Å². The average molecular weight is 459 g/mol. The van der Waals surface area contributed by atoms with Crippen molar-refractivity contribution in [2.75, 3.05) is 18.5 Å². The summed E-state index contributed by atoms with van der Waals surface area (Å²) >= 11 is 7.11. The van der Waals surface area contributed by atoms with Crippen LogP contribution < -0.4 is 21.7 Å². The fourth-order valence-corrected chi connectivity index (χ4v) is 3.76. The predicted molar refractivity (Wildman–Crippen MR) is 127 cm³/mol. The van der Waals surface area contributed by atoms with Crippen LogP contribution in [0.4, 0.5) is 5.69 Å². The lowest BCUT2D eigenvalue weighted by Gasteiger charge is -2.19. The van der Waals surface area contributed by atoms with Gasteiger partial charge in [0.05, 0.1) is 21.5 Å². The van der Waals surface area contributed by atoms with E-state index in [2.05, 4.69) is 22.0 Å². The maximum absolute atomic E-state index is 12.1. The highest BCUT2D eigenvalue weighted by Gasteiger charge is 2.23. The second-order valence-electron chi connectivity index (χ2n) is 6.75. The third-order valence-corrected chi connectivity index (χ3v) is 5.76. The molecule has 1 atom stereocenters. The highest BCUT2D eigenvalue weighted by molar-refractivity contribution is 7.18. The summed E-state index contributed by atoms with van der Waals surface area (Å²) in [5, 5.41) is 7.03. The van der Waals surface area contributed by atoms with Gasteiger partial charge in [-0.05, 0) is 35.9 Å². The number of nitrogens with one attached hydrogen (secondary N) is 1. The molecule has 1 aromatic carbocycles. The molecule has 8 nitrogen and oxygen atoms in total. The number of nitrogens with two attached hydrogens (primary N) is 2. The van der Waals surface area contributed by atoms with Crippen LogP contribution in [0.15, 0.2) is 71.1 Å². The minimum Gasteiger partial charge on any atom is -0.390 e. The van der Waals surface area contributed by atoms with Gasteiger partial charge >= 0.3 is 0 Å². The number of carbonyl (C=O) groups excluding carboxylic acids is 1. The Kier molecular flexibility index (Phi) is 7.32. The number of halogens is 1. The minimum atomic E-state index is -0.211. The Labute approximate surface area is 189 Å². The number of amides is 1. The van der Waals surface area contributed by atoms with Crippen LogP contribution in [0.25, 0.3) is 0 Å². The third-order valence-electron chi connectivity index (χ3n) is 4.53. The summed E-state index contributed by atoms with van der Waals surface area (Å²) in [6.45, 7) is 4.36. The summed E-state index contributed by atoms with van der Waals surface area (Å²) in [4.78, 5) is 23.9. The monoisotopic (exact) mass is 458 g/mol. The molecule has 0 radical (unpaired) electrons. The number of thiophene rings is 1. The normalized spacial score (nSPS) is 15.3. The SMILES string of the molecule is C=C(/C=C\N=C(N)N)N(C)c1ccc(C2=NOC(CNC(=O)c3ccc(Cl)s3)C2)cc1. The molecular weight excluding hydrogens is 436 g/mol. The molecule has 1 aliphatic heterocycles. The molecule has 1 unspecified atom stereocenters. The quantitative estimate of drug-likeness (QED) is 0.319. The summed E-state index contributed by atoms with van der Waals surface area (Å²) in [5.74, 6) is -0.181. The number of anilines is 1. The number of benzene rings is 1. The van der Waals surface area contributed by atoms with Crippen LogP contribution >= 0.6 is 22.9 Å². The first-order valence-corrected chi connectivity index (χ1v) is 10.6. The standard InChI is InChI=1S/C21H23ClN6O2S/c1-13(9-10-25-21(23)24)28(2)15-5-3-14(4-6-15)17-11-16(30-27-17)12-26-20(29)18-7-8-19(22)31-18/h3-10,16H,1,11-12H2,2H3,(H,26,29)(H4,23,24,25)/b10-9-. The van der Waals surface area contributed by atoms with E-state index in [9.17, 15) is 4.79 Å². The Hall–Kier alpha value is -3.30. The molecule has 10 heteroatoms. The van der Waals surface area contributed by atoms with E-state index in [-0.39, 0.29) is 18.0 Å². The first-order chi connectivity index (χ1) is 14.8. The smallest absolute Gasteiger partial charge is 0.261 e. The Balaban J connectivity index is 1.52. The van der Waals surface area contributed by atoms with E-state index in [0.717, 1.165) is 22.7 Å². The Morgan fingerprint density at radius 3 is 2.77 bits per heavy atom. The van der Waals surface area contributed by atoms with Crippen LogP contribution in [0, 0.1) is 0 Å². The molecule has 1 aliphatic rings. The second-order valence-corrected chi connectivity index (χ2v) is 8.47. The van der Waals surface area contributed by atoms with Gasteiger partial charge in [0.15, 0.2) is 5.96 Å². The summed E-state index contributed by atoms with van der Waals surface area (Å²) < 4.78 is 0.579. The van der Waals surface area contributed by atoms with E-state index >= 15 is 0 Å². The summed E-state index contributed by atoms with van der Waals surface area (Å²) in [7, 11) is 1.90. The zero-order valence-electron chi connectivity index (χ0n) is 16.9. The number of nitrogens with zero attached hydrogens (tertiary/aromatic N) is 3. The Morgan fingerprint density at radius 2 is 2.13 bits per heavy atom. The van der Waals surface area contributed by atoms with Gasteiger partial charge < -0.3 is 26.5 Å². The molecule has 1 aromatic heterocycles. The summed E-state index contributed by atoms with van der Waals surface area (Å²) in [5.41, 5.74) is 14.1. The van der Waals surface area contributed by atoms with Crippen molar-refractivity contribution in [3.05, 3.63) is 75.7 Å². The molecule has 0 fully saturated rings. The number of aliphatic imine (C=N–C) groups is 1. The minimum absolute atomic E-state index is 0.00981. The highest BCUT2D eigenvalue weighted by atomic mass is 35.5. The number of allylic oxidation sites excluding steroid dienone is 1. The number of oxime groups is 1. The maximum atomic E-state index is 12.1. The van der Waals surface area contributed by atoms with Crippen LogP contribution in [0.2, 0.25) is 4.34 Å². The van der Waals surface area contributed by atoms with Crippen molar-refractivity contribution < 1.29 is 9.63 Å². The lowest BCUT2D eigenvalue weighted by molar-refractivity contribution is 0.0755. The molecule has 162 valence electrons. The number of rotatable bonds is 8. The van der Waals surface area contributed by atoms with Gasteiger partial charge in [0.2, 0.25) is 0 Å². The highest BCUT2D eigenvalue weighted by Crippen LogP contribution is 2.23. The van der Waals surface area contributed by atoms with Crippen LogP contribution in [0.3, 0.4) is 0 Å². The van der Waals surface area contributed by atoms with E-state index < -0.39 is 0 Å². The largest absolute Gasteiger partial charge is 0.390 e. The molecule has 2 heterocycles. The Morgan fingerprint density at radius 1 is 1.39 bits per heavy atom. The predicted octanol–water partition coefficient (Wildman–Crippen LogP) is 3.06. The van der Waals surface area contributed by atoms with Gasteiger partial charge in [-0.1, -0.05) is 35.5 Å². The zero-order valence-corrected chi connectivity index (χ0v) is 18.5. The van der Waals surface area contributed by atoms with Gasteiger partial charge in [-0.3, -0.25) is 4.79 Å². The molecule has 0 saturated heterocycles. The number of guanidine groups is 1. The van der Waals surface area contributed by atoms with Crippen molar-refractivity contribution in [3.8, 4) is 0 Å². The molecule has 0 spiro atoms. The average Bonchev–Trinajstić information content (AvgIpc) is 3.40. The van der Waals surface area contributed by atoms with Crippen LogP contribution in [-0.4, -0.2) is 37.3 Å². The van der Waals surface area contributed by atoms with Gasteiger partial charge in [-0.2, -0.15) is 0 Å². The van der Waals surface area contributed by atoms with E-state index in [1.807, 2.05) is 36.2 Å². The van der Waals surface area contributed by atoms with E-state index in [0.29, 0.717) is 22.2 Å². The fraction of sp³-hybridized carbons (Fsp3) is 0.190. The fourth-order valence-electron chi connectivity index (χ4n) is 2.80. The van der Waals surface area contributed by atoms with Gasteiger partial charge in [0.1, 0.15) is 6.10 Å². The zero-order chi connectivity index (χ0) is 22.4. The Bertz CT molecular complexity index is 1040. The molecule has 1 amide bonds. The topological polar surface area (TPSA) is 118 Å². The molecule has 2 aromatic rings. The van der Waals surface area contributed by atoms with E-state index in [1.54, 1.807) is 18.2 Å². The second kappa shape index (κ2) is 10.1. The first kappa shape index (κ1) is 22.4. The molecule has 0 aliphatic carbocycles.